The van der Waals surface area contributed by atoms with Crippen molar-refractivity contribution >= 4 is 28.0 Å². The van der Waals surface area contributed by atoms with E-state index in [1.165, 1.54) is 10.0 Å². The summed E-state index contributed by atoms with van der Waals surface area (Å²) in [4.78, 5) is 10.1. The minimum absolute atomic E-state index is 0. The first-order valence-electron chi connectivity index (χ1n) is 3.82. The molecule has 0 aromatic heterocycles. The monoisotopic (exact) mass is 280 g/mol. The summed E-state index contributed by atoms with van der Waals surface area (Å²) in [5.41, 5.74) is 1.79. The van der Waals surface area contributed by atoms with Crippen molar-refractivity contribution in [3.05, 3.63) is 34.7 Å². The van der Waals surface area contributed by atoms with Crippen molar-refractivity contribution in [2.45, 2.75) is 17.3 Å². The van der Waals surface area contributed by atoms with Gasteiger partial charge >= 0.3 is 86.6 Å². The SMILES string of the molecule is CC(C[TeH])c1ccc(N=O)cc1.[H+]. The summed E-state index contributed by atoms with van der Waals surface area (Å²) >= 11 is 1.82. The molecule has 2 nitrogen and oxygen atoms in total. The van der Waals surface area contributed by atoms with E-state index in [4.69, 9.17) is 0 Å². The molecule has 1 aromatic carbocycles. The Bertz CT molecular complexity index is 263. The minimum atomic E-state index is 0. The van der Waals surface area contributed by atoms with Crippen LogP contribution in [-0.2, 0) is 0 Å². The van der Waals surface area contributed by atoms with E-state index in [9.17, 15) is 4.91 Å². The molecule has 1 unspecified atom stereocenters. The summed E-state index contributed by atoms with van der Waals surface area (Å²) in [6, 6.07) is 7.47. The van der Waals surface area contributed by atoms with E-state index in [1.54, 1.807) is 12.1 Å². The normalized spacial score (nSPS) is 12.5. The predicted octanol–water partition coefficient (Wildman–Crippen LogP) is 2.62. The van der Waals surface area contributed by atoms with Crippen molar-refractivity contribution in [3.63, 3.8) is 0 Å². The Labute approximate surface area is 86.7 Å². The molecule has 0 aliphatic rings. The van der Waals surface area contributed by atoms with Crippen LogP contribution < -0.4 is 0 Å². The Morgan fingerprint density at radius 3 is 2.50 bits per heavy atom. The third-order valence-corrected chi connectivity index (χ3v) is 3.40. The molecular formula is C9H12NOTe+. The van der Waals surface area contributed by atoms with Crippen LogP contribution in [0.5, 0.6) is 0 Å². The molecule has 0 saturated carbocycles. The van der Waals surface area contributed by atoms with E-state index in [0.29, 0.717) is 11.6 Å². The van der Waals surface area contributed by atoms with Gasteiger partial charge < -0.3 is 0 Å². The topological polar surface area (TPSA) is 29.4 Å². The summed E-state index contributed by atoms with van der Waals surface area (Å²) in [6.07, 6.45) is 0. The summed E-state index contributed by atoms with van der Waals surface area (Å²) in [7, 11) is 0. The summed E-state index contributed by atoms with van der Waals surface area (Å²) in [6.45, 7) is 2.18. The Morgan fingerprint density at radius 1 is 1.50 bits per heavy atom. The van der Waals surface area contributed by atoms with Crippen LogP contribution in [0.2, 0.25) is 4.47 Å². The Morgan fingerprint density at radius 2 is 2.08 bits per heavy atom. The van der Waals surface area contributed by atoms with Gasteiger partial charge in [0.1, 0.15) is 0 Å². The standard InChI is InChI=1S/C9H11NOTe/c1-7(6-12)8-2-4-9(10-11)5-3-8/h2-5,7,12H,6H2,1H3/p+1. The average Bonchev–Trinajstić information content (AvgIpc) is 2.17. The van der Waals surface area contributed by atoms with E-state index >= 15 is 0 Å². The van der Waals surface area contributed by atoms with Crippen LogP contribution in [0.3, 0.4) is 0 Å². The molecule has 0 aliphatic carbocycles. The maximum Gasteiger partial charge on any atom is 1.00 e. The van der Waals surface area contributed by atoms with Gasteiger partial charge in [-0.1, -0.05) is 0 Å². The second-order valence-corrected chi connectivity index (χ2v) is 3.81. The van der Waals surface area contributed by atoms with Gasteiger partial charge in [-0.2, -0.15) is 0 Å². The molecule has 0 heterocycles. The van der Waals surface area contributed by atoms with Crippen LogP contribution >= 0.6 is 0 Å². The fourth-order valence-electron chi connectivity index (χ4n) is 0.969. The van der Waals surface area contributed by atoms with Crippen LogP contribution in [0.4, 0.5) is 5.69 Å². The van der Waals surface area contributed by atoms with Crippen molar-refractivity contribution in [1.29, 1.82) is 0 Å². The molecule has 0 N–H and O–H groups in total. The summed E-state index contributed by atoms with van der Waals surface area (Å²) < 4.78 is 1.17. The van der Waals surface area contributed by atoms with Crippen molar-refractivity contribution in [1.82, 2.24) is 0 Å². The number of hydrogen-bond acceptors (Lipinski definition) is 2. The fraction of sp³-hybridized carbons (Fsp3) is 0.333. The third-order valence-electron chi connectivity index (χ3n) is 1.84. The van der Waals surface area contributed by atoms with Gasteiger partial charge in [-0.25, -0.2) is 0 Å². The van der Waals surface area contributed by atoms with Crippen LogP contribution in [0, 0.1) is 4.91 Å². The van der Waals surface area contributed by atoms with Crippen LogP contribution in [0.1, 0.15) is 19.8 Å². The second-order valence-electron chi connectivity index (χ2n) is 2.77. The first-order valence-corrected chi connectivity index (χ1v) is 5.62. The zero-order valence-electron chi connectivity index (χ0n) is 7.90. The molecule has 0 bridgehead atoms. The molecule has 1 rings (SSSR count). The molecular weight excluding hydrogens is 266 g/mol. The van der Waals surface area contributed by atoms with E-state index in [0.717, 1.165) is 0 Å². The van der Waals surface area contributed by atoms with Gasteiger partial charge in [-0.05, 0) is 0 Å². The Balaban J connectivity index is 0.00000144. The largest absolute Gasteiger partial charge is 1.00 e. The minimum Gasteiger partial charge on any atom is 1.00 e. The summed E-state index contributed by atoms with van der Waals surface area (Å²) in [5, 5.41) is 2.85. The first-order chi connectivity index (χ1) is 5.77. The van der Waals surface area contributed by atoms with Crippen molar-refractivity contribution < 1.29 is 1.43 Å². The van der Waals surface area contributed by atoms with Crippen molar-refractivity contribution in [3.8, 4) is 0 Å². The molecule has 0 amide bonds. The van der Waals surface area contributed by atoms with Gasteiger partial charge in [-0.15, -0.1) is 0 Å². The van der Waals surface area contributed by atoms with Gasteiger partial charge in [-0.3, -0.25) is 0 Å². The van der Waals surface area contributed by atoms with Crippen molar-refractivity contribution in [2.75, 3.05) is 0 Å². The van der Waals surface area contributed by atoms with E-state index in [-0.39, 0.29) is 1.43 Å². The number of rotatable bonds is 3. The molecule has 64 valence electrons. The molecule has 0 radical (unpaired) electrons. The van der Waals surface area contributed by atoms with Crippen LogP contribution in [0.25, 0.3) is 0 Å². The molecule has 0 saturated heterocycles. The number of nitroso groups, excluding NO2 is 1. The summed E-state index contributed by atoms with van der Waals surface area (Å²) in [5.74, 6) is 0.583. The zero-order chi connectivity index (χ0) is 8.97. The van der Waals surface area contributed by atoms with Gasteiger partial charge in [0.25, 0.3) is 0 Å². The Hall–Kier alpha value is -0.390. The third kappa shape index (κ3) is 2.30. The molecule has 12 heavy (non-hydrogen) atoms. The van der Waals surface area contributed by atoms with E-state index in [2.05, 4.69) is 12.1 Å². The number of hydrogen-bond donors (Lipinski definition) is 0. The maximum atomic E-state index is 10.1. The molecule has 0 spiro atoms. The molecule has 3 heteroatoms. The Kier molecular flexibility index (Phi) is 3.71. The molecule has 0 aliphatic heterocycles. The van der Waals surface area contributed by atoms with Crippen LogP contribution in [0.15, 0.2) is 29.4 Å². The zero-order valence-corrected chi connectivity index (χ0v) is 9.45. The van der Waals surface area contributed by atoms with Gasteiger partial charge in [0.15, 0.2) is 0 Å². The molecule has 1 aromatic rings. The average molecular weight is 278 g/mol. The number of nitrogens with zero attached hydrogens (tertiary/aromatic N) is 1. The van der Waals surface area contributed by atoms with Gasteiger partial charge in [0.2, 0.25) is 0 Å². The second kappa shape index (κ2) is 4.59. The van der Waals surface area contributed by atoms with Crippen molar-refractivity contribution in [2.24, 2.45) is 5.18 Å². The van der Waals surface area contributed by atoms with Gasteiger partial charge in [0, 0.05) is 0 Å². The maximum absolute atomic E-state index is 10.1. The van der Waals surface area contributed by atoms with E-state index in [1.807, 2.05) is 34.4 Å². The molecule has 1 atom stereocenters. The number of benzene rings is 1. The first kappa shape index (κ1) is 9.70. The smallest absolute Gasteiger partial charge is 1.00 e. The molecule has 0 fully saturated rings. The predicted molar refractivity (Wildman–Crippen MR) is 53.4 cm³/mol. The van der Waals surface area contributed by atoms with Crippen LogP contribution in [-0.4, -0.2) is 22.3 Å². The fourth-order valence-corrected chi connectivity index (χ4v) is 1.57. The van der Waals surface area contributed by atoms with E-state index < -0.39 is 0 Å². The quantitative estimate of drug-likeness (QED) is 0.617. The van der Waals surface area contributed by atoms with Gasteiger partial charge in [0.05, 0.1) is 0 Å².